The quantitative estimate of drug-likeness (QED) is 0.913. The lowest BCUT2D eigenvalue weighted by Crippen LogP contribution is -2.34. The first-order chi connectivity index (χ1) is 10.4. The van der Waals surface area contributed by atoms with Crippen molar-refractivity contribution < 1.29 is 0 Å². The maximum Gasteiger partial charge on any atom is 0.223 e. The van der Waals surface area contributed by atoms with E-state index in [-0.39, 0.29) is 0 Å². The predicted octanol–water partition coefficient (Wildman–Crippen LogP) is 2.43. The Labute approximate surface area is 125 Å². The van der Waals surface area contributed by atoms with Gasteiger partial charge >= 0.3 is 0 Å². The lowest BCUT2D eigenvalue weighted by molar-refractivity contribution is 0.277. The van der Waals surface area contributed by atoms with Gasteiger partial charge in [-0.2, -0.15) is 0 Å². The van der Waals surface area contributed by atoms with Crippen molar-refractivity contribution in [3.63, 3.8) is 0 Å². The van der Waals surface area contributed by atoms with Gasteiger partial charge in [0.2, 0.25) is 5.95 Å². The minimum absolute atomic E-state index is 0.595. The second-order valence-corrected chi connectivity index (χ2v) is 5.29. The third kappa shape index (κ3) is 3.36. The van der Waals surface area contributed by atoms with E-state index in [0.29, 0.717) is 12.0 Å². The molecule has 2 aromatic heterocycles. The summed E-state index contributed by atoms with van der Waals surface area (Å²) in [6, 6.07) is 8.32. The molecule has 0 radical (unpaired) electrons. The van der Waals surface area contributed by atoms with Crippen molar-refractivity contribution in [3.8, 4) is 11.4 Å². The third-order valence-corrected chi connectivity index (χ3v) is 3.98. The van der Waals surface area contributed by atoms with E-state index in [1.165, 1.54) is 19.4 Å². The molecular formula is C16H21N5. The van der Waals surface area contributed by atoms with Crippen molar-refractivity contribution in [2.45, 2.75) is 25.8 Å². The van der Waals surface area contributed by atoms with Gasteiger partial charge in [0.1, 0.15) is 0 Å². The van der Waals surface area contributed by atoms with Gasteiger partial charge in [0, 0.05) is 25.0 Å². The summed E-state index contributed by atoms with van der Waals surface area (Å²) in [4.78, 5) is 15.7. The molecule has 1 atom stereocenters. The topological polar surface area (TPSA) is 53.9 Å². The zero-order valence-corrected chi connectivity index (χ0v) is 12.4. The minimum Gasteiger partial charge on any atom is -0.353 e. The molecular weight excluding hydrogens is 262 g/mol. The number of aromatic nitrogens is 3. The number of likely N-dealkylation sites (N-methyl/N-ethyl adjacent to an activating group) is 1. The fourth-order valence-corrected chi connectivity index (χ4v) is 2.85. The molecule has 0 aliphatic carbocycles. The highest BCUT2D eigenvalue weighted by Crippen LogP contribution is 2.18. The lowest BCUT2D eigenvalue weighted by atomic mass is 10.2. The Bertz CT molecular complexity index is 572. The number of pyridine rings is 1. The van der Waals surface area contributed by atoms with Gasteiger partial charge in [0.05, 0.1) is 11.4 Å². The molecule has 0 unspecified atom stereocenters. The molecule has 0 saturated carbocycles. The zero-order valence-electron chi connectivity index (χ0n) is 12.4. The van der Waals surface area contributed by atoms with Gasteiger partial charge in [0.15, 0.2) is 0 Å². The van der Waals surface area contributed by atoms with E-state index in [9.17, 15) is 0 Å². The van der Waals surface area contributed by atoms with Crippen LogP contribution >= 0.6 is 0 Å². The van der Waals surface area contributed by atoms with Gasteiger partial charge in [-0.1, -0.05) is 13.0 Å². The van der Waals surface area contributed by atoms with Gasteiger partial charge in [-0.05, 0) is 44.1 Å². The van der Waals surface area contributed by atoms with Gasteiger partial charge < -0.3 is 5.32 Å². The summed E-state index contributed by atoms with van der Waals surface area (Å²) >= 11 is 0. The van der Waals surface area contributed by atoms with Crippen LogP contribution in [0.3, 0.4) is 0 Å². The van der Waals surface area contributed by atoms with Crippen LogP contribution in [0.25, 0.3) is 11.4 Å². The van der Waals surface area contributed by atoms with Crippen molar-refractivity contribution in [3.05, 3.63) is 36.7 Å². The lowest BCUT2D eigenvalue weighted by Gasteiger charge is -2.22. The summed E-state index contributed by atoms with van der Waals surface area (Å²) < 4.78 is 0. The normalized spacial score (nSPS) is 18.8. The molecule has 1 saturated heterocycles. The Kier molecular flexibility index (Phi) is 4.40. The molecule has 3 heterocycles. The molecule has 1 aliphatic heterocycles. The van der Waals surface area contributed by atoms with Gasteiger partial charge in [-0.15, -0.1) is 0 Å². The van der Waals surface area contributed by atoms with Crippen LogP contribution in [0.1, 0.15) is 19.8 Å². The molecule has 1 N–H and O–H groups in total. The summed E-state index contributed by atoms with van der Waals surface area (Å²) in [6.45, 7) is 5.44. The summed E-state index contributed by atoms with van der Waals surface area (Å²) in [5, 5.41) is 3.37. The number of hydrogen-bond donors (Lipinski definition) is 1. The Morgan fingerprint density at radius 1 is 1.19 bits per heavy atom. The molecule has 0 bridgehead atoms. The summed E-state index contributed by atoms with van der Waals surface area (Å²) in [7, 11) is 0. The average Bonchev–Trinajstić information content (AvgIpc) is 3.01. The van der Waals surface area contributed by atoms with E-state index in [0.717, 1.165) is 24.5 Å². The molecule has 1 fully saturated rings. The van der Waals surface area contributed by atoms with Crippen LogP contribution in [0.5, 0.6) is 0 Å². The summed E-state index contributed by atoms with van der Waals surface area (Å²) in [5.41, 5.74) is 1.73. The van der Waals surface area contributed by atoms with E-state index >= 15 is 0 Å². The number of likely N-dealkylation sites (tertiary alicyclic amines) is 1. The second kappa shape index (κ2) is 6.63. The molecule has 5 nitrogen and oxygen atoms in total. The third-order valence-electron chi connectivity index (χ3n) is 3.98. The Morgan fingerprint density at radius 2 is 2.14 bits per heavy atom. The molecule has 0 spiro atoms. The fraction of sp³-hybridized carbons (Fsp3) is 0.438. The molecule has 1 aliphatic rings. The van der Waals surface area contributed by atoms with Crippen LogP contribution in [0.4, 0.5) is 5.95 Å². The first-order valence-corrected chi connectivity index (χ1v) is 7.59. The summed E-state index contributed by atoms with van der Waals surface area (Å²) in [5.74, 6) is 0.682. The van der Waals surface area contributed by atoms with Crippen LogP contribution in [0, 0.1) is 0 Å². The minimum atomic E-state index is 0.595. The van der Waals surface area contributed by atoms with Crippen LogP contribution in [-0.2, 0) is 0 Å². The first kappa shape index (κ1) is 13.9. The van der Waals surface area contributed by atoms with Crippen molar-refractivity contribution in [2.24, 2.45) is 0 Å². The molecule has 3 rings (SSSR count). The van der Waals surface area contributed by atoms with E-state index in [2.05, 4.69) is 32.1 Å². The van der Waals surface area contributed by atoms with E-state index < -0.39 is 0 Å². The number of anilines is 1. The molecule has 2 aromatic rings. The maximum absolute atomic E-state index is 4.55. The van der Waals surface area contributed by atoms with Crippen LogP contribution in [0.2, 0.25) is 0 Å². The van der Waals surface area contributed by atoms with Crippen LogP contribution in [0.15, 0.2) is 36.7 Å². The molecule has 5 heteroatoms. The molecule has 110 valence electrons. The van der Waals surface area contributed by atoms with Crippen LogP contribution in [-0.4, -0.2) is 45.5 Å². The highest BCUT2D eigenvalue weighted by Gasteiger charge is 2.22. The predicted molar refractivity (Wildman–Crippen MR) is 84.0 cm³/mol. The van der Waals surface area contributed by atoms with Crippen molar-refractivity contribution in [1.29, 1.82) is 0 Å². The van der Waals surface area contributed by atoms with Gasteiger partial charge in [-0.25, -0.2) is 9.97 Å². The molecule has 0 amide bonds. The standard InChI is InChI=1S/C16H21N5/c1-2-21-11-5-6-13(21)12-19-16-18-10-8-15(20-16)14-7-3-4-9-17-14/h3-4,7-10,13H,2,5-6,11-12H2,1H3,(H,18,19,20)/t13-/m0/s1. The second-order valence-electron chi connectivity index (χ2n) is 5.29. The first-order valence-electron chi connectivity index (χ1n) is 7.59. The van der Waals surface area contributed by atoms with Crippen molar-refractivity contribution >= 4 is 5.95 Å². The average molecular weight is 283 g/mol. The Morgan fingerprint density at radius 3 is 2.95 bits per heavy atom. The largest absolute Gasteiger partial charge is 0.353 e. The van der Waals surface area contributed by atoms with Crippen molar-refractivity contribution in [1.82, 2.24) is 19.9 Å². The number of hydrogen-bond acceptors (Lipinski definition) is 5. The van der Waals surface area contributed by atoms with E-state index in [1.807, 2.05) is 24.3 Å². The maximum atomic E-state index is 4.55. The summed E-state index contributed by atoms with van der Waals surface area (Å²) in [6.07, 6.45) is 6.10. The smallest absolute Gasteiger partial charge is 0.223 e. The Balaban J connectivity index is 1.66. The molecule has 0 aromatic carbocycles. The highest BCUT2D eigenvalue weighted by atomic mass is 15.2. The number of nitrogens with one attached hydrogen (secondary N) is 1. The van der Waals surface area contributed by atoms with Gasteiger partial charge in [-0.3, -0.25) is 9.88 Å². The van der Waals surface area contributed by atoms with Crippen LogP contribution < -0.4 is 5.32 Å². The van der Waals surface area contributed by atoms with E-state index in [1.54, 1.807) is 12.4 Å². The van der Waals surface area contributed by atoms with Crippen molar-refractivity contribution in [2.75, 3.05) is 25.0 Å². The molecule has 21 heavy (non-hydrogen) atoms. The highest BCUT2D eigenvalue weighted by molar-refractivity contribution is 5.54. The Hall–Kier alpha value is -2.01. The number of rotatable bonds is 5. The zero-order chi connectivity index (χ0) is 14.5. The number of nitrogens with zero attached hydrogens (tertiary/aromatic N) is 4. The fourth-order valence-electron chi connectivity index (χ4n) is 2.85. The SMILES string of the molecule is CCN1CCC[C@H]1CNc1nccc(-c2ccccn2)n1. The van der Waals surface area contributed by atoms with E-state index in [4.69, 9.17) is 0 Å². The monoisotopic (exact) mass is 283 g/mol. The van der Waals surface area contributed by atoms with Gasteiger partial charge in [0.25, 0.3) is 0 Å².